The van der Waals surface area contributed by atoms with E-state index in [2.05, 4.69) is 45.1 Å². The second-order valence-electron chi connectivity index (χ2n) is 5.33. The van der Waals surface area contributed by atoms with E-state index in [4.69, 9.17) is 4.74 Å². The lowest BCUT2D eigenvalue weighted by atomic mass is 9.88. The zero-order valence-electron chi connectivity index (χ0n) is 10.8. The van der Waals surface area contributed by atoms with Crippen molar-refractivity contribution in [3.63, 3.8) is 0 Å². The van der Waals surface area contributed by atoms with Gasteiger partial charge >= 0.3 is 0 Å². The summed E-state index contributed by atoms with van der Waals surface area (Å²) in [5.74, 6) is 0. The SMILES string of the molecule is CCOC1CC(NCC(C)(C)N(C)C)C1. The maximum atomic E-state index is 5.54. The topological polar surface area (TPSA) is 24.5 Å². The van der Waals surface area contributed by atoms with Crippen LogP contribution >= 0.6 is 0 Å². The largest absolute Gasteiger partial charge is 0.378 e. The van der Waals surface area contributed by atoms with Gasteiger partial charge in [-0.1, -0.05) is 0 Å². The van der Waals surface area contributed by atoms with E-state index < -0.39 is 0 Å². The van der Waals surface area contributed by atoms with Crippen LogP contribution in [0.3, 0.4) is 0 Å². The van der Waals surface area contributed by atoms with Crippen LogP contribution in [0.5, 0.6) is 0 Å². The van der Waals surface area contributed by atoms with Gasteiger partial charge in [-0.3, -0.25) is 0 Å². The summed E-state index contributed by atoms with van der Waals surface area (Å²) in [6, 6.07) is 0.667. The van der Waals surface area contributed by atoms with Crippen LogP contribution in [0.4, 0.5) is 0 Å². The minimum absolute atomic E-state index is 0.233. The molecule has 1 N–H and O–H groups in total. The maximum absolute atomic E-state index is 5.54. The first-order chi connectivity index (χ1) is 6.95. The van der Waals surface area contributed by atoms with Crippen molar-refractivity contribution in [1.82, 2.24) is 10.2 Å². The third-order valence-electron chi connectivity index (χ3n) is 3.53. The minimum atomic E-state index is 0.233. The van der Waals surface area contributed by atoms with Gasteiger partial charge in [0.05, 0.1) is 6.10 Å². The van der Waals surface area contributed by atoms with E-state index in [1.165, 1.54) is 12.8 Å². The Morgan fingerprint density at radius 3 is 2.40 bits per heavy atom. The molecule has 0 saturated heterocycles. The fourth-order valence-electron chi connectivity index (χ4n) is 1.66. The minimum Gasteiger partial charge on any atom is -0.378 e. The Morgan fingerprint density at radius 1 is 1.33 bits per heavy atom. The van der Waals surface area contributed by atoms with E-state index in [-0.39, 0.29) is 5.54 Å². The predicted octanol–water partition coefficient (Wildman–Crippen LogP) is 1.48. The molecule has 1 fully saturated rings. The maximum Gasteiger partial charge on any atom is 0.0604 e. The molecule has 0 unspecified atom stereocenters. The summed E-state index contributed by atoms with van der Waals surface area (Å²) in [6.45, 7) is 8.48. The van der Waals surface area contributed by atoms with Gasteiger partial charge in [-0.2, -0.15) is 0 Å². The summed E-state index contributed by atoms with van der Waals surface area (Å²) in [5, 5.41) is 3.61. The molecule has 0 radical (unpaired) electrons. The van der Waals surface area contributed by atoms with Crippen molar-refractivity contribution in [2.75, 3.05) is 27.2 Å². The second-order valence-corrected chi connectivity index (χ2v) is 5.33. The van der Waals surface area contributed by atoms with Crippen molar-refractivity contribution in [3.8, 4) is 0 Å². The van der Waals surface area contributed by atoms with Gasteiger partial charge in [-0.15, -0.1) is 0 Å². The highest BCUT2D eigenvalue weighted by Gasteiger charge is 2.31. The highest BCUT2D eigenvalue weighted by Crippen LogP contribution is 2.23. The molecule has 3 heteroatoms. The Hall–Kier alpha value is -0.120. The van der Waals surface area contributed by atoms with Gasteiger partial charge < -0.3 is 15.0 Å². The molecule has 1 rings (SSSR count). The molecule has 0 heterocycles. The van der Waals surface area contributed by atoms with Crippen LogP contribution < -0.4 is 5.32 Å². The van der Waals surface area contributed by atoms with Crippen LogP contribution in [0.1, 0.15) is 33.6 Å². The molecule has 1 saturated carbocycles. The van der Waals surface area contributed by atoms with Gasteiger partial charge in [0.1, 0.15) is 0 Å². The summed E-state index contributed by atoms with van der Waals surface area (Å²) in [6.07, 6.45) is 2.87. The summed E-state index contributed by atoms with van der Waals surface area (Å²) in [7, 11) is 4.26. The Kier molecular flexibility index (Phi) is 4.56. The number of nitrogens with zero attached hydrogens (tertiary/aromatic N) is 1. The van der Waals surface area contributed by atoms with E-state index in [1.54, 1.807) is 0 Å². The quantitative estimate of drug-likeness (QED) is 0.725. The molecule has 1 aliphatic rings. The summed E-state index contributed by atoms with van der Waals surface area (Å²) >= 11 is 0. The van der Waals surface area contributed by atoms with Crippen molar-refractivity contribution in [2.24, 2.45) is 0 Å². The molecule has 0 bridgehead atoms. The van der Waals surface area contributed by atoms with Crippen LogP contribution in [0.25, 0.3) is 0 Å². The highest BCUT2D eigenvalue weighted by molar-refractivity contribution is 4.89. The first kappa shape index (κ1) is 12.9. The van der Waals surface area contributed by atoms with Crippen LogP contribution in [-0.2, 0) is 4.74 Å². The fraction of sp³-hybridized carbons (Fsp3) is 1.00. The second kappa shape index (κ2) is 5.28. The molecule has 0 atom stereocenters. The van der Waals surface area contributed by atoms with Gasteiger partial charge in [0.2, 0.25) is 0 Å². The van der Waals surface area contributed by atoms with Crippen LogP contribution in [0, 0.1) is 0 Å². The third kappa shape index (κ3) is 3.74. The Morgan fingerprint density at radius 2 is 1.93 bits per heavy atom. The van der Waals surface area contributed by atoms with Crippen molar-refractivity contribution in [3.05, 3.63) is 0 Å². The number of rotatable bonds is 6. The number of ether oxygens (including phenoxy) is 1. The zero-order chi connectivity index (χ0) is 11.5. The lowest BCUT2D eigenvalue weighted by molar-refractivity contribution is -0.0124. The normalized spacial score (nSPS) is 26.8. The van der Waals surface area contributed by atoms with Gasteiger partial charge in [0.15, 0.2) is 0 Å². The van der Waals surface area contributed by atoms with E-state index in [1.807, 2.05) is 0 Å². The number of hydrogen-bond acceptors (Lipinski definition) is 3. The first-order valence-corrected chi connectivity index (χ1v) is 5.98. The van der Waals surface area contributed by atoms with Gasteiger partial charge in [0, 0.05) is 24.7 Å². The van der Waals surface area contributed by atoms with E-state index in [0.717, 1.165) is 13.2 Å². The summed E-state index contributed by atoms with van der Waals surface area (Å²) in [5.41, 5.74) is 0.233. The molecule has 0 aromatic rings. The van der Waals surface area contributed by atoms with Crippen molar-refractivity contribution in [2.45, 2.75) is 51.3 Å². The lowest BCUT2D eigenvalue weighted by Gasteiger charge is -2.40. The van der Waals surface area contributed by atoms with Crippen LogP contribution in [0.15, 0.2) is 0 Å². The number of hydrogen-bond donors (Lipinski definition) is 1. The van der Waals surface area contributed by atoms with E-state index >= 15 is 0 Å². The van der Waals surface area contributed by atoms with Gasteiger partial charge in [-0.25, -0.2) is 0 Å². The number of likely N-dealkylation sites (N-methyl/N-ethyl adjacent to an activating group) is 1. The Bertz CT molecular complexity index is 186. The van der Waals surface area contributed by atoms with Gasteiger partial charge in [-0.05, 0) is 47.7 Å². The molecule has 1 aliphatic carbocycles. The lowest BCUT2D eigenvalue weighted by Crippen LogP contribution is -2.53. The Labute approximate surface area is 94.2 Å². The molecule has 90 valence electrons. The highest BCUT2D eigenvalue weighted by atomic mass is 16.5. The fourth-order valence-corrected chi connectivity index (χ4v) is 1.66. The standard InChI is InChI=1S/C12H26N2O/c1-6-15-11-7-10(8-11)13-9-12(2,3)14(4)5/h10-11,13H,6-9H2,1-5H3. The average Bonchev–Trinajstić information content (AvgIpc) is 2.08. The molecular formula is C12H26N2O. The monoisotopic (exact) mass is 214 g/mol. The molecule has 0 amide bonds. The average molecular weight is 214 g/mol. The molecule has 0 aromatic heterocycles. The molecule has 15 heavy (non-hydrogen) atoms. The van der Waals surface area contributed by atoms with E-state index in [9.17, 15) is 0 Å². The summed E-state index contributed by atoms with van der Waals surface area (Å²) < 4.78 is 5.54. The smallest absolute Gasteiger partial charge is 0.0604 e. The molecule has 0 spiro atoms. The van der Waals surface area contributed by atoms with Crippen LogP contribution in [-0.4, -0.2) is 49.8 Å². The number of nitrogens with one attached hydrogen (secondary N) is 1. The molecular weight excluding hydrogens is 188 g/mol. The summed E-state index contributed by atoms with van der Waals surface area (Å²) in [4.78, 5) is 2.26. The molecule has 3 nitrogen and oxygen atoms in total. The van der Waals surface area contributed by atoms with Crippen LogP contribution in [0.2, 0.25) is 0 Å². The molecule has 0 aliphatic heterocycles. The van der Waals surface area contributed by atoms with Gasteiger partial charge in [0.25, 0.3) is 0 Å². The zero-order valence-corrected chi connectivity index (χ0v) is 10.8. The molecule has 0 aromatic carbocycles. The third-order valence-corrected chi connectivity index (χ3v) is 3.53. The van der Waals surface area contributed by atoms with E-state index in [0.29, 0.717) is 12.1 Å². The predicted molar refractivity (Wildman–Crippen MR) is 64.2 cm³/mol. The first-order valence-electron chi connectivity index (χ1n) is 5.98. The Balaban J connectivity index is 2.13. The van der Waals surface area contributed by atoms with Crippen molar-refractivity contribution in [1.29, 1.82) is 0 Å². The van der Waals surface area contributed by atoms with Crippen molar-refractivity contribution >= 4 is 0 Å². The van der Waals surface area contributed by atoms with Crippen molar-refractivity contribution < 1.29 is 4.74 Å².